The predicted molar refractivity (Wildman–Crippen MR) is 104 cm³/mol. The smallest absolute Gasteiger partial charge is 0.339 e. The quantitative estimate of drug-likeness (QED) is 0.395. The van der Waals surface area contributed by atoms with Crippen molar-refractivity contribution in [2.45, 2.75) is 12.8 Å². The van der Waals surface area contributed by atoms with E-state index in [9.17, 15) is 19.5 Å². The van der Waals surface area contributed by atoms with Crippen LogP contribution in [0.2, 0.25) is 0 Å². The van der Waals surface area contributed by atoms with Gasteiger partial charge in [-0.15, -0.1) is 0 Å². The molecule has 1 N–H and O–H groups in total. The Morgan fingerprint density at radius 2 is 1.46 bits per heavy atom. The van der Waals surface area contributed by atoms with Crippen molar-refractivity contribution in [1.29, 1.82) is 0 Å². The minimum Gasteiger partial charge on any atom is -0.478 e. The summed E-state index contributed by atoms with van der Waals surface area (Å²) in [5.74, 6) is -2.60. The summed E-state index contributed by atoms with van der Waals surface area (Å²) in [6, 6.07) is 21.6. The molecule has 0 aliphatic rings. The zero-order valence-electron chi connectivity index (χ0n) is 15.2. The predicted octanol–water partition coefficient (Wildman–Crippen LogP) is 4.32. The van der Waals surface area contributed by atoms with Crippen molar-refractivity contribution >= 4 is 17.7 Å². The van der Waals surface area contributed by atoms with E-state index in [1.54, 1.807) is 67.6 Å². The lowest BCUT2D eigenvalue weighted by Gasteiger charge is -2.14. The summed E-state index contributed by atoms with van der Waals surface area (Å²) in [7, 11) is 0. The molecule has 0 radical (unpaired) electrons. The Bertz CT molecular complexity index is 1020. The van der Waals surface area contributed by atoms with Crippen molar-refractivity contribution in [2.75, 3.05) is 0 Å². The molecule has 0 aromatic heterocycles. The average Bonchev–Trinajstić information content (AvgIpc) is 2.73. The Morgan fingerprint density at radius 3 is 2.18 bits per heavy atom. The van der Waals surface area contributed by atoms with Gasteiger partial charge < -0.3 is 9.84 Å². The molecular weight excluding hydrogens is 356 g/mol. The number of carboxylic acids is 1. The largest absolute Gasteiger partial charge is 0.478 e. The van der Waals surface area contributed by atoms with Crippen LogP contribution in [-0.4, -0.2) is 22.8 Å². The highest BCUT2D eigenvalue weighted by atomic mass is 16.5. The van der Waals surface area contributed by atoms with Crippen molar-refractivity contribution in [3.05, 3.63) is 101 Å². The minimum absolute atomic E-state index is 0.0108. The van der Waals surface area contributed by atoms with Gasteiger partial charge in [0.05, 0.1) is 5.92 Å². The van der Waals surface area contributed by atoms with Gasteiger partial charge in [0.2, 0.25) is 0 Å². The Morgan fingerprint density at radius 1 is 0.821 bits per heavy atom. The van der Waals surface area contributed by atoms with Gasteiger partial charge in [0.25, 0.3) is 0 Å². The molecule has 0 aliphatic heterocycles. The average molecular weight is 374 g/mol. The Kier molecular flexibility index (Phi) is 5.65. The normalized spacial score (nSPS) is 11.5. The second-order valence-electron chi connectivity index (χ2n) is 6.26. The number of rotatable bonds is 6. The van der Waals surface area contributed by atoms with E-state index in [0.29, 0.717) is 16.7 Å². The van der Waals surface area contributed by atoms with Crippen molar-refractivity contribution in [3.8, 4) is 5.75 Å². The van der Waals surface area contributed by atoms with Crippen LogP contribution >= 0.6 is 0 Å². The summed E-state index contributed by atoms with van der Waals surface area (Å²) in [5, 5.41) is 9.21. The summed E-state index contributed by atoms with van der Waals surface area (Å²) < 4.78 is 5.30. The molecular formula is C23H18O5. The van der Waals surface area contributed by atoms with Crippen LogP contribution in [0.3, 0.4) is 0 Å². The van der Waals surface area contributed by atoms with E-state index < -0.39 is 17.9 Å². The molecule has 28 heavy (non-hydrogen) atoms. The number of ether oxygens (including phenoxy) is 1. The maximum absolute atomic E-state index is 12.6. The molecule has 3 aromatic carbocycles. The molecule has 0 fully saturated rings. The number of esters is 1. The molecule has 1 unspecified atom stereocenters. The Hall–Kier alpha value is -3.73. The third-order valence-electron chi connectivity index (χ3n) is 4.37. The van der Waals surface area contributed by atoms with Gasteiger partial charge in [-0.3, -0.25) is 9.59 Å². The number of ketones is 1. The molecule has 140 valence electrons. The molecule has 5 nitrogen and oxygen atoms in total. The fraction of sp³-hybridized carbons (Fsp3) is 0.0870. The number of benzene rings is 3. The summed E-state index contributed by atoms with van der Waals surface area (Å²) in [5.41, 5.74) is 1.55. The van der Waals surface area contributed by atoms with E-state index in [1.807, 2.05) is 6.07 Å². The van der Waals surface area contributed by atoms with Gasteiger partial charge in [0.15, 0.2) is 5.78 Å². The van der Waals surface area contributed by atoms with Gasteiger partial charge in [-0.1, -0.05) is 60.7 Å². The molecule has 3 aromatic rings. The van der Waals surface area contributed by atoms with Crippen LogP contribution in [0.4, 0.5) is 0 Å². The van der Waals surface area contributed by atoms with Gasteiger partial charge >= 0.3 is 11.9 Å². The van der Waals surface area contributed by atoms with E-state index in [0.717, 1.165) is 0 Å². The number of hydrogen-bond acceptors (Lipinski definition) is 4. The summed E-state index contributed by atoms with van der Waals surface area (Å²) in [6.07, 6.45) is 0. The topological polar surface area (TPSA) is 80.7 Å². The number of hydrogen-bond donors (Lipinski definition) is 1. The maximum Gasteiger partial charge on any atom is 0.339 e. The molecule has 0 saturated carbocycles. The first-order valence-electron chi connectivity index (χ1n) is 8.71. The third-order valence-corrected chi connectivity index (χ3v) is 4.37. The van der Waals surface area contributed by atoms with Crippen LogP contribution in [0.1, 0.15) is 44.7 Å². The molecule has 0 saturated heterocycles. The van der Waals surface area contributed by atoms with Crippen LogP contribution in [0.25, 0.3) is 0 Å². The van der Waals surface area contributed by atoms with E-state index >= 15 is 0 Å². The second-order valence-corrected chi connectivity index (χ2v) is 6.26. The van der Waals surface area contributed by atoms with Gasteiger partial charge in [0, 0.05) is 11.1 Å². The molecule has 3 rings (SSSR count). The van der Waals surface area contributed by atoms with Crippen LogP contribution < -0.4 is 4.74 Å². The van der Waals surface area contributed by atoms with Crippen molar-refractivity contribution in [2.24, 2.45) is 0 Å². The number of carbonyl (C=O) groups excluding carboxylic acids is 2. The van der Waals surface area contributed by atoms with Gasteiger partial charge in [0.1, 0.15) is 11.3 Å². The molecule has 5 heteroatoms. The second kappa shape index (κ2) is 8.31. The van der Waals surface area contributed by atoms with Crippen LogP contribution in [0, 0.1) is 0 Å². The zero-order chi connectivity index (χ0) is 20.1. The van der Waals surface area contributed by atoms with Crippen molar-refractivity contribution < 1.29 is 24.2 Å². The monoisotopic (exact) mass is 374 g/mol. The Balaban J connectivity index is 1.81. The third kappa shape index (κ3) is 4.15. The first-order chi connectivity index (χ1) is 13.5. The van der Waals surface area contributed by atoms with Gasteiger partial charge in [-0.25, -0.2) is 4.79 Å². The van der Waals surface area contributed by atoms with Crippen molar-refractivity contribution in [3.63, 3.8) is 0 Å². The number of carbonyl (C=O) groups is 3. The molecule has 0 bridgehead atoms. The van der Waals surface area contributed by atoms with Crippen LogP contribution in [0.5, 0.6) is 5.75 Å². The summed E-state index contributed by atoms with van der Waals surface area (Å²) in [4.78, 5) is 36.4. The highest BCUT2D eigenvalue weighted by Crippen LogP contribution is 2.24. The lowest BCUT2D eigenvalue weighted by atomic mass is 9.96. The fourth-order valence-corrected chi connectivity index (χ4v) is 2.77. The first kappa shape index (κ1) is 19.0. The van der Waals surface area contributed by atoms with Crippen molar-refractivity contribution in [1.82, 2.24) is 0 Å². The highest BCUT2D eigenvalue weighted by Gasteiger charge is 2.21. The molecule has 0 heterocycles. The molecule has 0 aliphatic carbocycles. The van der Waals surface area contributed by atoms with Gasteiger partial charge in [-0.2, -0.15) is 0 Å². The lowest BCUT2D eigenvalue weighted by Crippen LogP contribution is -2.18. The number of aromatic carboxylic acids is 1. The maximum atomic E-state index is 12.6. The zero-order valence-corrected chi connectivity index (χ0v) is 15.2. The standard InChI is InChI=1S/C23H18O5/c1-15(23(27)28-20-13-6-5-12-19(20)22(25)26)17-10-7-11-18(14-17)21(24)16-8-3-2-4-9-16/h2-15H,1H3,(H,25,26). The lowest BCUT2D eigenvalue weighted by molar-refractivity contribution is -0.135. The summed E-state index contributed by atoms with van der Waals surface area (Å²) in [6.45, 7) is 1.65. The van der Waals surface area contributed by atoms with Crippen LogP contribution in [-0.2, 0) is 4.79 Å². The minimum atomic E-state index is -1.17. The fourth-order valence-electron chi connectivity index (χ4n) is 2.77. The Labute approximate surface area is 162 Å². The van der Waals surface area contributed by atoms with Gasteiger partial charge in [-0.05, 0) is 30.7 Å². The van der Waals surface area contributed by atoms with E-state index in [1.165, 1.54) is 12.1 Å². The van der Waals surface area contributed by atoms with E-state index in [4.69, 9.17) is 4.74 Å². The van der Waals surface area contributed by atoms with Crippen LogP contribution in [0.15, 0.2) is 78.9 Å². The molecule has 0 spiro atoms. The van der Waals surface area contributed by atoms with E-state index in [2.05, 4.69) is 0 Å². The first-order valence-corrected chi connectivity index (χ1v) is 8.71. The highest BCUT2D eigenvalue weighted by molar-refractivity contribution is 6.09. The molecule has 0 amide bonds. The van der Waals surface area contributed by atoms with E-state index in [-0.39, 0.29) is 17.1 Å². The summed E-state index contributed by atoms with van der Waals surface area (Å²) >= 11 is 0. The SMILES string of the molecule is CC(C(=O)Oc1ccccc1C(=O)O)c1cccc(C(=O)c2ccccc2)c1. The number of para-hydroxylation sites is 1. The number of carboxylic acid groups (broad SMARTS) is 1. The molecule has 1 atom stereocenters.